The third-order valence-electron chi connectivity index (χ3n) is 3.26. The molecule has 0 radical (unpaired) electrons. The van der Waals surface area contributed by atoms with Crippen LogP contribution in [0.5, 0.6) is 0 Å². The van der Waals surface area contributed by atoms with Crippen molar-refractivity contribution in [2.24, 2.45) is 7.05 Å². The second kappa shape index (κ2) is 4.82. The first-order chi connectivity index (χ1) is 9.45. The minimum absolute atomic E-state index is 0.307. The predicted octanol–water partition coefficient (Wildman–Crippen LogP) is 3.69. The van der Waals surface area contributed by atoms with Gasteiger partial charge in [0.1, 0.15) is 5.82 Å². The summed E-state index contributed by atoms with van der Waals surface area (Å²) in [7, 11) is 1.89. The SMILES string of the molecule is Cc1nn(C)cc1Cn1c(=S)[nH]c2cc(F)c(Br)cc21. The van der Waals surface area contributed by atoms with E-state index in [9.17, 15) is 4.39 Å². The average Bonchev–Trinajstić information content (AvgIpc) is 2.83. The number of benzene rings is 1. The fraction of sp³-hybridized carbons (Fsp3) is 0.231. The Balaban J connectivity index is 2.16. The van der Waals surface area contributed by atoms with E-state index in [4.69, 9.17) is 12.2 Å². The Labute approximate surface area is 128 Å². The first-order valence-electron chi connectivity index (χ1n) is 6.02. The number of imidazole rings is 1. The maximum Gasteiger partial charge on any atom is 0.178 e. The molecular formula is C13H12BrFN4S. The van der Waals surface area contributed by atoms with Crippen LogP contribution < -0.4 is 0 Å². The lowest BCUT2D eigenvalue weighted by atomic mass is 10.2. The van der Waals surface area contributed by atoms with Crippen molar-refractivity contribution in [2.75, 3.05) is 0 Å². The molecule has 1 aromatic carbocycles. The number of aryl methyl sites for hydroxylation is 2. The molecule has 0 aliphatic heterocycles. The Morgan fingerprint density at radius 1 is 1.45 bits per heavy atom. The van der Waals surface area contributed by atoms with Crippen molar-refractivity contribution in [1.82, 2.24) is 19.3 Å². The number of fused-ring (bicyclic) bond motifs is 1. The number of hydrogen-bond donors (Lipinski definition) is 1. The molecule has 7 heteroatoms. The summed E-state index contributed by atoms with van der Waals surface area (Å²) in [5, 5.41) is 4.32. The standard InChI is InChI=1S/C13H12BrFN4S/c1-7-8(5-18(2)17-7)6-19-12-3-9(14)10(15)4-11(12)16-13(19)20/h3-5H,6H2,1-2H3,(H,16,20). The number of nitrogens with zero attached hydrogens (tertiary/aromatic N) is 3. The normalized spacial score (nSPS) is 11.4. The van der Waals surface area contributed by atoms with Crippen LogP contribution in [-0.2, 0) is 13.6 Å². The molecule has 0 fully saturated rings. The number of halogens is 2. The molecule has 0 spiro atoms. The van der Waals surface area contributed by atoms with Crippen LogP contribution in [0.15, 0.2) is 22.8 Å². The van der Waals surface area contributed by atoms with Crippen LogP contribution in [-0.4, -0.2) is 19.3 Å². The Hall–Kier alpha value is -1.47. The third kappa shape index (κ3) is 2.20. The molecule has 0 aliphatic carbocycles. The highest BCUT2D eigenvalue weighted by atomic mass is 79.9. The average molecular weight is 355 g/mol. The maximum atomic E-state index is 13.6. The smallest absolute Gasteiger partial charge is 0.178 e. The van der Waals surface area contributed by atoms with Crippen LogP contribution in [0.4, 0.5) is 4.39 Å². The minimum atomic E-state index is -0.307. The number of aromatic amines is 1. The van der Waals surface area contributed by atoms with Crippen molar-refractivity contribution in [3.63, 3.8) is 0 Å². The van der Waals surface area contributed by atoms with Gasteiger partial charge in [-0.25, -0.2) is 4.39 Å². The van der Waals surface area contributed by atoms with Gasteiger partial charge < -0.3 is 9.55 Å². The summed E-state index contributed by atoms with van der Waals surface area (Å²) in [6.45, 7) is 2.57. The van der Waals surface area contributed by atoms with Crippen LogP contribution in [0.1, 0.15) is 11.3 Å². The highest BCUT2D eigenvalue weighted by molar-refractivity contribution is 9.10. The van der Waals surface area contributed by atoms with Crippen molar-refractivity contribution < 1.29 is 4.39 Å². The number of rotatable bonds is 2. The molecule has 0 saturated carbocycles. The van der Waals surface area contributed by atoms with Crippen LogP contribution in [0.2, 0.25) is 0 Å². The molecule has 20 heavy (non-hydrogen) atoms. The molecule has 0 amide bonds. The van der Waals surface area contributed by atoms with E-state index in [2.05, 4.69) is 26.0 Å². The molecule has 0 atom stereocenters. The summed E-state index contributed by atoms with van der Waals surface area (Å²) in [6, 6.07) is 3.19. The van der Waals surface area contributed by atoms with E-state index in [1.807, 2.05) is 24.7 Å². The third-order valence-corrected chi connectivity index (χ3v) is 4.19. The van der Waals surface area contributed by atoms with Crippen molar-refractivity contribution >= 4 is 39.2 Å². The molecular weight excluding hydrogens is 343 g/mol. The van der Waals surface area contributed by atoms with Gasteiger partial charge >= 0.3 is 0 Å². The quantitative estimate of drug-likeness (QED) is 0.712. The van der Waals surface area contributed by atoms with E-state index < -0.39 is 0 Å². The van der Waals surface area contributed by atoms with E-state index in [1.165, 1.54) is 6.07 Å². The van der Waals surface area contributed by atoms with Gasteiger partial charge in [0.25, 0.3) is 0 Å². The zero-order chi connectivity index (χ0) is 14.4. The predicted molar refractivity (Wildman–Crippen MR) is 81.8 cm³/mol. The summed E-state index contributed by atoms with van der Waals surface area (Å²) in [6.07, 6.45) is 1.97. The Morgan fingerprint density at radius 3 is 2.85 bits per heavy atom. The molecule has 3 rings (SSSR count). The first kappa shape index (κ1) is 13.5. The molecule has 4 nitrogen and oxygen atoms in total. The van der Waals surface area contributed by atoms with Gasteiger partial charge in [-0.3, -0.25) is 4.68 Å². The van der Waals surface area contributed by atoms with Crippen molar-refractivity contribution in [3.8, 4) is 0 Å². The fourth-order valence-electron chi connectivity index (χ4n) is 2.28. The number of nitrogens with one attached hydrogen (secondary N) is 1. The fourth-order valence-corrected chi connectivity index (χ4v) is 2.89. The monoisotopic (exact) mass is 354 g/mol. The number of H-pyrrole nitrogens is 1. The number of aromatic nitrogens is 4. The molecule has 0 aliphatic rings. The molecule has 2 heterocycles. The molecule has 104 valence electrons. The first-order valence-corrected chi connectivity index (χ1v) is 7.22. The molecule has 3 aromatic rings. The van der Waals surface area contributed by atoms with Gasteiger partial charge in [-0.05, 0) is 41.1 Å². The lowest BCUT2D eigenvalue weighted by molar-refractivity contribution is 0.622. The van der Waals surface area contributed by atoms with Gasteiger partial charge in [-0.2, -0.15) is 5.10 Å². The highest BCUT2D eigenvalue weighted by Crippen LogP contribution is 2.24. The molecule has 2 aromatic heterocycles. The Bertz CT molecular complexity index is 861. The summed E-state index contributed by atoms with van der Waals surface area (Å²) >= 11 is 8.54. The summed E-state index contributed by atoms with van der Waals surface area (Å²) in [4.78, 5) is 3.03. The summed E-state index contributed by atoms with van der Waals surface area (Å²) < 4.78 is 18.3. The van der Waals surface area contributed by atoms with E-state index in [0.29, 0.717) is 21.3 Å². The van der Waals surface area contributed by atoms with Crippen LogP contribution in [0, 0.1) is 17.5 Å². The Morgan fingerprint density at radius 2 is 2.20 bits per heavy atom. The largest absolute Gasteiger partial charge is 0.330 e. The van der Waals surface area contributed by atoms with Gasteiger partial charge in [-0.1, -0.05) is 0 Å². The lowest BCUT2D eigenvalue weighted by Gasteiger charge is -2.04. The molecule has 0 saturated heterocycles. The second-order valence-electron chi connectivity index (χ2n) is 4.71. The summed E-state index contributed by atoms with van der Waals surface area (Å²) in [5.74, 6) is -0.307. The van der Waals surface area contributed by atoms with E-state index >= 15 is 0 Å². The maximum absolute atomic E-state index is 13.6. The van der Waals surface area contributed by atoms with Gasteiger partial charge in [0.15, 0.2) is 4.77 Å². The van der Waals surface area contributed by atoms with E-state index in [1.54, 1.807) is 10.7 Å². The van der Waals surface area contributed by atoms with Gasteiger partial charge in [-0.15, -0.1) is 0 Å². The van der Waals surface area contributed by atoms with Crippen molar-refractivity contribution in [3.05, 3.63) is 44.6 Å². The van der Waals surface area contributed by atoms with Gasteiger partial charge in [0.05, 0.1) is 27.7 Å². The highest BCUT2D eigenvalue weighted by Gasteiger charge is 2.11. The van der Waals surface area contributed by atoms with E-state index in [0.717, 1.165) is 16.8 Å². The van der Waals surface area contributed by atoms with Crippen LogP contribution in [0.25, 0.3) is 11.0 Å². The van der Waals surface area contributed by atoms with Crippen molar-refractivity contribution in [2.45, 2.75) is 13.5 Å². The summed E-state index contributed by atoms with van der Waals surface area (Å²) in [5.41, 5.74) is 3.61. The zero-order valence-electron chi connectivity index (χ0n) is 10.9. The number of hydrogen-bond acceptors (Lipinski definition) is 2. The minimum Gasteiger partial charge on any atom is -0.330 e. The molecule has 0 bridgehead atoms. The van der Waals surface area contributed by atoms with Gasteiger partial charge in [0.2, 0.25) is 0 Å². The van der Waals surface area contributed by atoms with Crippen LogP contribution >= 0.6 is 28.1 Å². The van der Waals surface area contributed by atoms with Gasteiger partial charge in [0, 0.05) is 24.9 Å². The zero-order valence-corrected chi connectivity index (χ0v) is 13.3. The van der Waals surface area contributed by atoms with E-state index in [-0.39, 0.29) is 5.82 Å². The topological polar surface area (TPSA) is 38.5 Å². The molecule has 0 unspecified atom stereocenters. The second-order valence-corrected chi connectivity index (χ2v) is 5.95. The lowest BCUT2D eigenvalue weighted by Crippen LogP contribution is -2.00. The van der Waals surface area contributed by atoms with Crippen molar-refractivity contribution in [1.29, 1.82) is 0 Å². The Kier molecular flexibility index (Phi) is 3.25. The molecule has 1 N–H and O–H groups in total. The van der Waals surface area contributed by atoms with Crippen LogP contribution in [0.3, 0.4) is 0 Å².